The van der Waals surface area contributed by atoms with Gasteiger partial charge in [0.1, 0.15) is 5.82 Å². The number of carbonyl (C=O) groups is 1. The largest absolute Gasteiger partial charge is 0.383 e. The minimum Gasteiger partial charge on any atom is -0.383 e. The summed E-state index contributed by atoms with van der Waals surface area (Å²) in [6.45, 7) is 8.65. The summed E-state index contributed by atoms with van der Waals surface area (Å²) in [6, 6.07) is 0. The van der Waals surface area contributed by atoms with Crippen LogP contribution in [0, 0.1) is 5.92 Å². The van der Waals surface area contributed by atoms with Gasteiger partial charge >= 0.3 is 5.69 Å². The Morgan fingerprint density at radius 2 is 2.00 bits per heavy atom. The van der Waals surface area contributed by atoms with Gasteiger partial charge in [0.15, 0.2) is 5.69 Å². The van der Waals surface area contributed by atoms with E-state index in [1.54, 1.807) is 18.2 Å². The SMILES string of the molecule is C/C=C/C=C\C(=O)N(CCC(C)C)c1c(N)n(CCCC)c(=O)[nH]c1=O. The van der Waals surface area contributed by atoms with E-state index < -0.39 is 11.2 Å². The fraction of sp³-hybridized carbons (Fsp3) is 0.526. The lowest BCUT2D eigenvalue weighted by atomic mass is 10.1. The van der Waals surface area contributed by atoms with Crippen LogP contribution in [0.4, 0.5) is 11.5 Å². The smallest absolute Gasteiger partial charge is 0.330 e. The predicted octanol–water partition coefficient (Wildman–Crippen LogP) is 2.43. The number of unbranched alkanes of at least 4 members (excludes halogenated alkanes) is 1. The number of allylic oxidation sites excluding steroid dienone is 3. The maximum atomic E-state index is 12.7. The lowest BCUT2D eigenvalue weighted by molar-refractivity contribution is -0.114. The molecule has 1 heterocycles. The van der Waals surface area contributed by atoms with Gasteiger partial charge in [-0.15, -0.1) is 0 Å². The van der Waals surface area contributed by atoms with Crippen LogP contribution in [0.2, 0.25) is 0 Å². The van der Waals surface area contributed by atoms with Gasteiger partial charge in [0.2, 0.25) is 0 Å². The molecule has 26 heavy (non-hydrogen) atoms. The van der Waals surface area contributed by atoms with E-state index in [0.717, 1.165) is 12.8 Å². The average Bonchev–Trinajstić information content (AvgIpc) is 2.57. The molecule has 1 rings (SSSR count). The van der Waals surface area contributed by atoms with Crippen molar-refractivity contribution in [2.75, 3.05) is 17.2 Å². The molecule has 0 atom stereocenters. The maximum Gasteiger partial charge on any atom is 0.330 e. The van der Waals surface area contributed by atoms with Gasteiger partial charge in [-0.1, -0.05) is 45.4 Å². The lowest BCUT2D eigenvalue weighted by Crippen LogP contribution is -2.41. The van der Waals surface area contributed by atoms with Gasteiger partial charge < -0.3 is 10.6 Å². The van der Waals surface area contributed by atoms with Crippen molar-refractivity contribution >= 4 is 17.4 Å². The van der Waals surface area contributed by atoms with Crippen molar-refractivity contribution < 1.29 is 4.79 Å². The molecule has 0 saturated carbocycles. The molecular formula is C19H30N4O3. The van der Waals surface area contributed by atoms with E-state index in [4.69, 9.17) is 5.73 Å². The Kier molecular flexibility index (Phi) is 8.61. The van der Waals surface area contributed by atoms with Crippen molar-refractivity contribution in [3.8, 4) is 0 Å². The zero-order chi connectivity index (χ0) is 19.7. The molecule has 7 nitrogen and oxygen atoms in total. The molecule has 0 aromatic carbocycles. The number of hydrogen-bond acceptors (Lipinski definition) is 4. The first kappa shape index (κ1) is 21.5. The van der Waals surface area contributed by atoms with Crippen LogP contribution in [0.3, 0.4) is 0 Å². The molecule has 1 amide bonds. The fourth-order valence-corrected chi connectivity index (χ4v) is 2.43. The van der Waals surface area contributed by atoms with Gasteiger partial charge in [-0.3, -0.25) is 19.1 Å². The summed E-state index contributed by atoms with van der Waals surface area (Å²) in [4.78, 5) is 40.8. The predicted molar refractivity (Wildman–Crippen MR) is 106 cm³/mol. The summed E-state index contributed by atoms with van der Waals surface area (Å²) >= 11 is 0. The molecule has 0 unspecified atom stereocenters. The Labute approximate surface area is 154 Å². The van der Waals surface area contributed by atoms with Gasteiger partial charge in [0, 0.05) is 19.2 Å². The minimum absolute atomic E-state index is 0.0312. The highest BCUT2D eigenvalue weighted by molar-refractivity contribution is 6.03. The Morgan fingerprint density at radius 3 is 2.58 bits per heavy atom. The summed E-state index contributed by atoms with van der Waals surface area (Å²) in [5.74, 6) is 0.0292. The van der Waals surface area contributed by atoms with Crippen molar-refractivity contribution in [2.45, 2.75) is 53.5 Å². The Balaban J connectivity index is 3.41. The number of nitrogens with one attached hydrogen (secondary N) is 1. The van der Waals surface area contributed by atoms with Crippen LogP contribution in [-0.2, 0) is 11.3 Å². The quantitative estimate of drug-likeness (QED) is 0.520. The number of aromatic nitrogens is 2. The molecule has 144 valence electrons. The van der Waals surface area contributed by atoms with Gasteiger partial charge in [-0.25, -0.2) is 4.79 Å². The van der Waals surface area contributed by atoms with Crippen LogP contribution < -0.4 is 21.9 Å². The first-order chi connectivity index (χ1) is 12.3. The second-order valence-electron chi connectivity index (χ2n) is 6.56. The summed E-state index contributed by atoms with van der Waals surface area (Å²) in [5.41, 5.74) is 4.98. The van der Waals surface area contributed by atoms with Crippen LogP contribution in [-0.4, -0.2) is 22.0 Å². The normalized spacial score (nSPS) is 11.7. The van der Waals surface area contributed by atoms with Gasteiger partial charge in [-0.2, -0.15) is 0 Å². The van der Waals surface area contributed by atoms with E-state index in [1.807, 2.05) is 27.7 Å². The molecule has 1 aromatic rings. The number of aromatic amines is 1. The van der Waals surface area contributed by atoms with Crippen molar-refractivity contribution in [2.24, 2.45) is 5.92 Å². The van der Waals surface area contributed by atoms with Crippen molar-refractivity contribution in [1.82, 2.24) is 9.55 Å². The Bertz CT molecular complexity index is 772. The number of hydrogen-bond donors (Lipinski definition) is 2. The number of nitrogen functional groups attached to an aromatic ring is 1. The second-order valence-corrected chi connectivity index (χ2v) is 6.56. The van der Waals surface area contributed by atoms with E-state index in [0.29, 0.717) is 25.4 Å². The number of carbonyl (C=O) groups excluding carboxylic acids is 1. The second kappa shape index (κ2) is 10.4. The number of nitrogens with zero attached hydrogens (tertiary/aromatic N) is 2. The summed E-state index contributed by atoms with van der Waals surface area (Å²) in [7, 11) is 0. The van der Waals surface area contributed by atoms with E-state index in [2.05, 4.69) is 4.98 Å². The molecule has 0 aliphatic heterocycles. The van der Waals surface area contributed by atoms with Crippen molar-refractivity contribution in [3.63, 3.8) is 0 Å². The highest BCUT2D eigenvalue weighted by Crippen LogP contribution is 2.19. The first-order valence-electron chi connectivity index (χ1n) is 9.06. The van der Waals surface area contributed by atoms with Gasteiger partial charge in [0.25, 0.3) is 11.5 Å². The molecule has 3 N–H and O–H groups in total. The molecule has 0 fully saturated rings. The summed E-state index contributed by atoms with van der Waals surface area (Å²) in [5, 5.41) is 0. The van der Waals surface area contributed by atoms with E-state index in [9.17, 15) is 14.4 Å². The summed E-state index contributed by atoms with van der Waals surface area (Å²) < 4.78 is 1.32. The number of anilines is 2. The minimum atomic E-state index is -0.642. The third-order valence-corrected chi connectivity index (χ3v) is 3.96. The maximum absolute atomic E-state index is 12.7. The zero-order valence-corrected chi connectivity index (χ0v) is 16.1. The van der Waals surface area contributed by atoms with Crippen LogP contribution >= 0.6 is 0 Å². The monoisotopic (exact) mass is 362 g/mol. The highest BCUT2D eigenvalue weighted by Gasteiger charge is 2.22. The highest BCUT2D eigenvalue weighted by atomic mass is 16.2. The van der Waals surface area contributed by atoms with Crippen molar-refractivity contribution in [3.05, 3.63) is 45.1 Å². The van der Waals surface area contributed by atoms with Crippen LogP contribution in [0.15, 0.2) is 33.9 Å². The molecule has 0 aliphatic rings. The van der Waals surface area contributed by atoms with Crippen molar-refractivity contribution in [1.29, 1.82) is 0 Å². The van der Waals surface area contributed by atoms with E-state index in [-0.39, 0.29) is 17.4 Å². The molecule has 0 bridgehead atoms. The van der Waals surface area contributed by atoms with Gasteiger partial charge in [-0.05, 0) is 25.7 Å². The summed E-state index contributed by atoms with van der Waals surface area (Å²) in [6.07, 6.45) is 8.86. The van der Waals surface area contributed by atoms with Crippen LogP contribution in [0.25, 0.3) is 0 Å². The van der Waals surface area contributed by atoms with Gasteiger partial charge in [0.05, 0.1) is 0 Å². The number of nitrogens with two attached hydrogens (primary N) is 1. The fourth-order valence-electron chi connectivity index (χ4n) is 2.43. The first-order valence-corrected chi connectivity index (χ1v) is 9.06. The topological polar surface area (TPSA) is 101 Å². The molecule has 0 radical (unpaired) electrons. The molecule has 7 heteroatoms. The van der Waals surface area contributed by atoms with Crippen LogP contribution in [0.1, 0.15) is 47.0 Å². The van der Waals surface area contributed by atoms with Crippen LogP contribution in [0.5, 0.6) is 0 Å². The van der Waals surface area contributed by atoms with E-state index >= 15 is 0 Å². The lowest BCUT2D eigenvalue weighted by Gasteiger charge is -2.24. The molecule has 0 spiro atoms. The average molecular weight is 362 g/mol. The third kappa shape index (κ3) is 5.75. The number of H-pyrrole nitrogens is 1. The number of amides is 1. The standard InChI is InChI=1S/C19H30N4O3/c1-5-7-9-10-15(24)22(13-11-14(3)4)16-17(20)23(12-8-6-2)19(26)21-18(16)25/h5,7,9-10,14H,6,8,11-13,20H2,1-4H3,(H,21,25,26)/b7-5+,10-9-. The molecule has 1 aromatic heterocycles. The molecular weight excluding hydrogens is 332 g/mol. The zero-order valence-electron chi connectivity index (χ0n) is 16.1. The molecule has 0 aliphatic carbocycles. The molecule has 0 saturated heterocycles. The Hall–Kier alpha value is -2.57. The number of rotatable bonds is 9. The Morgan fingerprint density at radius 1 is 1.31 bits per heavy atom. The third-order valence-electron chi connectivity index (χ3n) is 3.96. The van der Waals surface area contributed by atoms with E-state index in [1.165, 1.54) is 15.5 Å².